The van der Waals surface area contributed by atoms with Gasteiger partial charge in [-0.1, -0.05) is 18.2 Å². The molecule has 2 nitrogen and oxygen atoms in total. The van der Waals surface area contributed by atoms with E-state index in [4.69, 9.17) is 0 Å². The van der Waals surface area contributed by atoms with Gasteiger partial charge < -0.3 is 4.57 Å². The molecule has 0 N–H and O–H groups in total. The fraction of sp³-hybridized carbons (Fsp3) is 0.100. The van der Waals surface area contributed by atoms with Crippen molar-refractivity contribution in [3.63, 3.8) is 0 Å². The van der Waals surface area contributed by atoms with Crippen LogP contribution in [0, 0.1) is 3.57 Å². The molecule has 0 amide bonds. The number of benzene rings is 1. The van der Waals surface area contributed by atoms with Crippen molar-refractivity contribution in [2.75, 3.05) is 0 Å². The van der Waals surface area contributed by atoms with Crippen LogP contribution >= 0.6 is 22.6 Å². The molecule has 0 spiro atoms. The highest BCUT2D eigenvalue weighted by atomic mass is 127. The van der Waals surface area contributed by atoms with E-state index in [0.29, 0.717) is 0 Å². The monoisotopic (exact) mass is 285 g/mol. The molecule has 1 heterocycles. The maximum atomic E-state index is 10.8. The number of aldehydes is 1. The first-order chi connectivity index (χ1) is 6.25. The highest BCUT2D eigenvalue weighted by molar-refractivity contribution is 14.1. The smallest absolute Gasteiger partial charge is 0.167 e. The number of rotatable bonds is 1. The predicted octanol–water partition coefficient (Wildman–Crippen LogP) is 2.60. The molecule has 0 fully saturated rings. The molecule has 0 saturated carbocycles. The summed E-state index contributed by atoms with van der Waals surface area (Å²) in [4.78, 5) is 10.8. The standard InChI is InChI=1S/C10H8INO/c1-12-8-5-3-2-4-7(8)10(11)9(12)6-13/h2-6H,1H3. The number of carbonyl (C=O) groups is 1. The molecule has 3 heteroatoms. The van der Waals surface area contributed by atoms with Crippen molar-refractivity contribution < 1.29 is 4.79 Å². The van der Waals surface area contributed by atoms with E-state index in [9.17, 15) is 4.79 Å². The van der Waals surface area contributed by atoms with Crippen molar-refractivity contribution in [2.45, 2.75) is 0 Å². The Kier molecular flexibility index (Phi) is 2.11. The number of carbonyl (C=O) groups excluding carboxylic acids is 1. The van der Waals surface area contributed by atoms with Crippen LogP contribution in [0.15, 0.2) is 24.3 Å². The number of hydrogen-bond donors (Lipinski definition) is 0. The third-order valence-electron chi connectivity index (χ3n) is 2.20. The van der Waals surface area contributed by atoms with Gasteiger partial charge in [-0.3, -0.25) is 4.79 Å². The number of para-hydroxylation sites is 1. The molecule has 0 aliphatic carbocycles. The number of halogens is 1. The van der Waals surface area contributed by atoms with Crippen LogP contribution < -0.4 is 0 Å². The van der Waals surface area contributed by atoms with Crippen LogP contribution in [0.25, 0.3) is 10.9 Å². The van der Waals surface area contributed by atoms with Gasteiger partial charge in [0.25, 0.3) is 0 Å². The number of hydrogen-bond acceptors (Lipinski definition) is 1. The summed E-state index contributed by atoms with van der Waals surface area (Å²) in [7, 11) is 1.91. The molecule has 0 aliphatic rings. The summed E-state index contributed by atoms with van der Waals surface area (Å²) in [6, 6.07) is 8.01. The van der Waals surface area contributed by atoms with Crippen LogP contribution in [-0.2, 0) is 7.05 Å². The Balaban J connectivity index is 2.96. The molecule has 1 aromatic carbocycles. The van der Waals surface area contributed by atoms with Gasteiger partial charge >= 0.3 is 0 Å². The Morgan fingerprint density at radius 3 is 2.69 bits per heavy atom. The van der Waals surface area contributed by atoms with Crippen LogP contribution in [0.1, 0.15) is 10.5 Å². The maximum absolute atomic E-state index is 10.8. The Bertz CT molecular complexity index is 434. The topological polar surface area (TPSA) is 22.0 Å². The molecule has 1 aromatic heterocycles. The maximum Gasteiger partial charge on any atom is 0.167 e. The van der Waals surface area contributed by atoms with Crippen molar-refractivity contribution >= 4 is 39.8 Å². The normalized spacial score (nSPS) is 10.6. The van der Waals surface area contributed by atoms with Gasteiger partial charge in [0.1, 0.15) is 0 Å². The number of fused-ring (bicyclic) bond motifs is 1. The summed E-state index contributed by atoms with van der Waals surface area (Å²) < 4.78 is 2.95. The van der Waals surface area contributed by atoms with E-state index in [2.05, 4.69) is 22.6 Å². The summed E-state index contributed by atoms with van der Waals surface area (Å²) in [5.74, 6) is 0. The highest BCUT2D eigenvalue weighted by Gasteiger charge is 2.10. The fourth-order valence-corrected chi connectivity index (χ4v) is 2.44. The lowest BCUT2D eigenvalue weighted by Gasteiger charge is -1.95. The third kappa shape index (κ3) is 1.18. The second-order valence-corrected chi connectivity index (χ2v) is 3.97. The third-order valence-corrected chi connectivity index (χ3v) is 3.33. The van der Waals surface area contributed by atoms with Crippen LogP contribution in [0.2, 0.25) is 0 Å². The summed E-state index contributed by atoms with van der Waals surface area (Å²) >= 11 is 2.21. The molecule has 0 saturated heterocycles. The van der Waals surface area contributed by atoms with E-state index >= 15 is 0 Å². The summed E-state index contributed by atoms with van der Waals surface area (Å²) in [5, 5.41) is 1.15. The lowest BCUT2D eigenvalue weighted by molar-refractivity contribution is 0.111. The van der Waals surface area contributed by atoms with Gasteiger partial charge in [0.2, 0.25) is 0 Å². The molecule has 2 aromatic rings. The molecule has 13 heavy (non-hydrogen) atoms. The number of aromatic nitrogens is 1. The molecule has 0 bridgehead atoms. The lowest BCUT2D eigenvalue weighted by atomic mass is 10.2. The number of nitrogens with zero attached hydrogens (tertiary/aromatic N) is 1. The van der Waals surface area contributed by atoms with Crippen LogP contribution in [-0.4, -0.2) is 10.9 Å². The second-order valence-electron chi connectivity index (χ2n) is 2.89. The van der Waals surface area contributed by atoms with Gasteiger partial charge in [0.05, 0.1) is 5.69 Å². The minimum atomic E-state index is 0.752. The Morgan fingerprint density at radius 1 is 1.38 bits per heavy atom. The molecular weight excluding hydrogens is 277 g/mol. The van der Waals surface area contributed by atoms with Crippen molar-refractivity contribution in [3.8, 4) is 0 Å². The van der Waals surface area contributed by atoms with Gasteiger partial charge in [0, 0.05) is 21.5 Å². The van der Waals surface area contributed by atoms with E-state index < -0.39 is 0 Å². The first-order valence-corrected chi connectivity index (χ1v) is 5.01. The zero-order valence-corrected chi connectivity index (χ0v) is 9.28. The average molecular weight is 285 g/mol. The van der Waals surface area contributed by atoms with Gasteiger partial charge in [0.15, 0.2) is 6.29 Å². The molecule has 0 aliphatic heterocycles. The quantitative estimate of drug-likeness (QED) is 0.583. The lowest BCUT2D eigenvalue weighted by Crippen LogP contribution is -1.94. The van der Waals surface area contributed by atoms with E-state index in [1.165, 1.54) is 0 Å². The van der Waals surface area contributed by atoms with E-state index in [1.54, 1.807) is 0 Å². The fourth-order valence-electron chi connectivity index (χ4n) is 1.50. The zero-order valence-electron chi connectivity index (χ0n) is 7.12. The molecule has 0 unspecified atom stereocenters. The van der Waals surface area contributed by atoms with Gasteiger partial charge in [-0.25, -0.2) is 0 Å². The Labute approximate surface area is 89.7 Å². The minimum absolute atomic E-state index is 0.752. The van der Waals surface area contributed by atoms with E-state index in [1.807, 2.05) is 35.9 Å². The molecular formula is C10H8INO. The van der Waals surface area contributed by atoms with E-state index in [0.717, 1.165) is 26.5 Å². The molecule has 66 valence electrons. The summed E-state index contributed by atoms with van der Waals surface area (Å²) in [6.45, 7) is 0. The predicted molar refractivity (Wildman–Crippen MR) is 61.0 cm³/mol. The van der Waals surface area contributed by atoms with Crippen molar-refractivity contribution in [1.82, 2.24) is 4.57 Å². The Morgan fingerprint density at radius 2 is 2.08 bits per heavy atom. The van der Waals surface area contributed by atoms with Crippen LogP contribution in [0.3, 0.4) is 0 Å². The molecule has 2 rings (SSSR count). The summed E-state index contributed by atoms with van der Waals surface area (Å²) in [6.07, 6.45) is 0.905. The zero-order chi connectivity index (χ0) is 9.42. The van der Waals surface area contributed by atoms with Gasteiger partial charge in [-0.15, -0.1) is 0 Å². The van der Waals surface area contributed by atoms with E-state index in [-0.39, 0.29) is 0 Å². The van der Waals surface area contributed by atoms with Crippen molar-refractivity contribution in [3.05, 3.63) is 33.5 Å². The number of aryl methyl sites for hydroxylation is 1. The van der Waals surface area contributed by atoms with Crippen LogP contribution in [0.5, 0.6) is 0 Å². The Hall–Kier alpha value is -0.840. The largest absolute Gasteiger partial charge is 0.341 e. The SMILES string of the molecule is Cn1c(C=O)c(I)c2ccccc21. The van der Waals surface area contributed by atoms with Gasteiger partial charge in [-0.05, 0) is 28.7 Å². The average Bonchev–Trinajstić information content (AvgIpc) is 2.41. The van der Waals surface area contributed by atoms with Crippen molar-refractivity contribution in [2.24, 2.45) is 7.05 Å². The summed E-state index contributed by atoms with van der Waals surface area (Å²) in [5.41, 5.74) is 1.86. The van der Waals surface area contributed by atoms with Crippen molar-refractivity contribution in [1.29, 1.82) is 0 Å². The first kappa shape index (κ1) is 8.74. The van der Waals surface area contributed by atoms with Gasteiger partial charge in [-0.2, -0.15) is 0 Å². The first-order valence-electron chi connectivity index (χ1n) is 3.94. The minimum Gasteiger partial charge on any atom is -0.341 e. The highest BCUT2D eigenvalue weighted by Crippen LogP contribution is 2.25. The second kappa shape index (κ2) is 3.14. The molecule has 0 atom stereocenters. The van der Waals surface area contributed by atoms with Crippen LogP contribution in [0.4, 0.5) is 0 Å². The molecule has 0 radical (unpaired) electrons.